The van der Waals surface area contributed by atoms with Crippen molar-refractivity contribution in [2.75, 3.05) is 6.16 Å². The second-order valence-corrected chi connectivity index (χ2v) is 37.1. The molecule has 0 saturated heterocycles. The smallest absolute Gasteiger partial charge is 0.192 e. The third-order valence-electron chi connectivity index (χ3n) is 18.1. The maximum absolute atomic E-state index is 14.7. The van der Waals surface area contributed by atoms with E-state index in [1.165, 1.54) is 75.4 Å². The Morgan fingerprint density at radius 1 is 0.818 bits per heavy atom. The molecule has 0 amide bonds. The summed E-state index contributed by atoms with van der Waals surface area (Å²) in [5.74, 6) is 2.52. The lowest BCUT2D eigenvalue weighted by Gasteiger charge is -2.46. The van der Waals surface area contributed by atoms with Crippen molar-refractivity contribution >= 4 is 34.4 Å². The summed E-state index contributed by atoms with van der Waals surface area (Å²) in [5.41, 5.74) is 4.61. The highest BCUT2D eigenvalue weighted by Gasteiger charge is 2.53. The van der Waals surface area contributed by atoms with Crippen LogP contribution in [0.5, 0.6) is 0 Å². The SMILES string of the molecule is C=C(CCCCC)C1([C@H](C)/C=C/[C@@H](C)[C@H]2CC[C@H]3[C@@H](O)CCC[C@]23C)CC1.C=C1[C@H](O[Si](C)(C)C(C)(C)C)CC(=CCP(=O)(c2ccccc2)c2ccccc2)C[C@H]1O[Si](C)(C)C(C)(C)C. The fourth-order valence-corrected chi connectivity index (χ4v) is 16.4. The van der Waals surface area contributed by atoms with Gasteiger partial charge in [-0.05, 0) is 141 Å². The molecule has 2 aromatic rings. The molecule has 0 heterocycles. The number of aliphatic hydroxyl groups excluding tert-OH is 1. The Morgan fingerprint density at radius 3 is 1.80 bits per heavy atom. The van der Waals surface area contributed by atoms with Crippen molar-refractivity contribution in [3.05, 3.63) is 109 Å². The first-order valence-electron chi connectivity index (χ1n) is 26.2. The third kappa shape index (κ3) is 12.6. The van der Waals surface area contributed by atoms with Gasteiger partial charge in [-0.1, -0.05) is 192 Å². The van der Waals surface area contributed by atoms with E-state index in [2.05, 4.69) is 127 Å². The molecule has 0 radical (unpaired) electrons. The number of rotatable bonds is 17. The van der Waals surface area contributed by atoms with Crippen molar-refractivity contribution in [1.82, 2.24) is 0 Å². The minimum atomic E-state index is -2.84. The number of hydrogen-bond donors (Lipinski definition) is 1. The fourth-order valence-electron chi connectivity index (χ4n) is 11.3. The van der Waals surface area contributed by atoms with Crippen molar-refractivity contribution in [3.63, 3.8) is 0 Å². The predicted molar refractivity (Wildman–Crippen MR) is 292 cm³/mol. The molecule has 4 saturated carbocycles. The number of benzene rings is 2. The first kappa shape index (κ1) is 54.9. The van der Waals surface area contributed by atoms with E-state index in [9.17, 15) is 9.67 Å². The third-order valence-corrected chi connectivity index (χ3v) is 30.1. The standard InChI is InChI=1S/C33H51O3PSi2.C26H44O/c1-26-30(35-38(8,9)32(2,3)4)24-27(25-31(26)36-39(10,11)33(5,6)7)22-23-37(34,28-18-14-12-15-19-28)29-20-16-13-17-21-29;1-6-7-8-10-20(3)26(17-18-26)21(4)13-12-19(2)22-14-15-23-24(27)11-9-16-25(22,23)5/h12-22,30-31H,1,23-25H2,2-11H3;12-13,19,21-24,27H,3,6-11,14-18H2,1-2,4-5H3/b;13-12+/t30-,31-;19-,21-,22-,23+,24+,25-/m11/s1. The van der Waals surface area contributed by atoms with Gasteiger partial charge in [0.1, 0.15) is 7.14 Å². The Hall–Kier alpha value is -2.06. The van der Waals surface area contributed by atoms with Crippen molar-refractivity contribution in [3.8, 4) is 0 Å². The minimum absolute atomic E-state index is 0.0509. The van der Waals surface area contributed by atoms with E-state index in [1.54, 1.807) is 0 Å². The van der Waals surface area contributed by atoms with Crippen LogP contribution in [0.4, 0.5) is 0 Å². The van der Waals surface area contributed by atoms with Crippen molar-refractivity contribution in [2.24, 2.45) is 34.5 Å². The molecule has 6 rings (SSSR count). The highest BCUT2D eigenvalue weighted by molar-refractivity contribution is 7.78. The van der Waals surface area contributed by atoms with Gasteiger partial charge in [0.05, 0.1) is 18.3 Å². The van der Waals surface area contributed by atoms with Crippen LogP contribution >= 0.6 is 7.14 Å². The molecule has 368 valence electrons. The lowest BCUT2D eigenvalue weighted by atomic mass is 9.62. The van der Waals surface area contributed by atoms with Crippen LogP contribution in [0.3, 0.4) is 0 Å². The van der Waals surface area contributed by atoms with Crippen LogP contribution in [0, 0.1) is 34.5 Å². The van der Waals surface area contributed by atoms with Crippen LogP contribution in [-0.4, -0.2) is 46.2 Å². The largest absolute Gasteiger partial charge is 0.410 e. The van der Waals surface area contributed by atoms with Gasteiger partial charge in [0.25, 0.3) is 0 Å². The van der Waals surface area contributed by atoms with Gasteiger partial charge >= 0.3 is 0 Å². The Labute approximate surface area is 407 Å². The molecular weight excluding hydrogens is 860 g/mol. The Bertz CT molecular complexity index is 1930. The molecule has 8 atom stereocenters. The molecule has 0 aromatic heterocycles. The van der Waals surface area contributed by atoms with E-state index in [0.29, 0.717) is 34.7 Å². The highest BCUT2D eigenvalue weighted by atomic mass is 31.2. The lowest BCUT2D eigenvalue weighted by Crippen LogP contribution is -2.49. The molecule has 4 aliphatic carbocycles. The first-order chi connectivity index (χ1) is 30.7. The summed E-state index contributed by atoms with van der Waals surface area (Å²) in [7, 11) is -6.92. The molecule has 0 bridgehead atoms. The van der Waals surface area contributed by atoms with Crippen molar-refractivity contribution < 1.29 is 18.5 Å². The van der Waals surface area contributed by atoms with E-state index >= 15 is 0 Å². The zero-order valence-corrected chi connectivity index (χ0v) is 47.4. The maximum atomic E-state index is 14.7. The summed E-state index contributed by atoms with van der Waals surface area (Å²) < 4.78 is 28.7. The average Bonchev–Trinajstić information content (AvgIpc) is 3.99. The van der Waals surface area contributed by atoms with Crippen LogP contribution in [0.2, 0.25) is 36.3 Å². The van der Waals surface area contributed by atoms with E-state index in [1.807, 2.05) is 60.7 Å². The van der Waals surface area contributed by atoms with Gasteiger partial charge in [0.2, 0.25) is 0 Å². The lowest BCUT2D eigenvalue weighted by molar-refractivity contribution is -0.0231. The van der Waals surface area contributed by atoms with Gasteiger partial charge in [0.15, 0.2) is 16.6 Å². The first-order valence-corrected chi connectivity index (χ1v) is 33.9. The minimum Gasteiger partial charge on any atom is -0.410 e. The second-order valence-electron chi connectivity index (χ2n) is 24.7. The van der Waals surface area contributed by atoms with Crippen LogP contribution in [-0.2, 0) is 13.4 Å². The molecule has 0 unspecified atom stereocenters. The molecule has 4 aliphatic rings. The van der Waals surface area contributed by atoms with Gasteiger partial charge in [-0.25, -0.2) is 0 Å². The number of allylic oxidation sites excluding steroid dienone is 4. The van der Waals surface area contributed by atoms with E-state index < -0.39 is 23.8 Å². The van der Waals surface area contributed by atoms with Gasteiger partial charge in [-0.2, -0.15) is 0 Å². The second kappa shape index (κ2) is 21.9. The topological polar surface area (TPSA) is 55.8 Å². The summed E-state index contributed by atoms with van der Waals surface area (Å²) in [6.07, 6.45) is 23.0. The summed E-state index contributed by atoms with van der Waals surface area (Å²) in [4.78, 5) is 0. The highest BCUT2D eigenvalue weighted by Crippen LogP contribution is 2.60. The van der Waals surface area contributed by atoms with Crippen molar-refractivity contribution in [2.45, 2.75) is 207 Å². The molecule has 0 aliphatic heterocycles. The van der Waals surface area contributed by atoms with Crippen molar-refractivity contribution in [1.29, 1.82) is 0 Å². The zero-order chi connectivity index (χ0) is 48.9. The quantitative estimate of drug-likeness (QED) is 0.0743. The summed E-state index contributed by atoms with van der Waals surface area (Å²) in [6.45, 7) is 41.6. The van der Waals surface area contributed by atoms with Crippen LogP contribution in [0.1, 0.15) is 153 Å². The molecule has 0 spiro atoms. The molecule has 66 heavy (non-hydrogen) atoms. The van der Waals surface area contributed by atoms with Crippen LogP contribution in [0.15, 0.2) is 109 Å². The molecular formula is C59H95O4PSi2. The summed E-state index contributed by atoms with van der Waals surface area (Å²) in [6, 6.07) is 19.9. The number of unbranched alkanes of at least 4 members (excludes halogenated alkanes) is 2. The molecule has 4 fully saturated rings. The van der Waals surface area contributed by atoms with Gasteiger partial charge in [-0.15, -0.1) is 0 Å². The number of hydrogen-bond acceptors (Lipinski definition) is 4. The average molecular weight is 956 g/mol. The number of fused-ring (bicyclic) bond motifs is 1. The summed E-state index contributed by atoms with van der Waals surface area (Å²) >= 11 is 0. The van der Waals surface area contributed by atoms with Gasteiger partial charge in [0, 0.05) is 16.8 Å². The fraction of sp³-hybridized carbons (Fsp3) is 0.661. The zero-order valence-electron chi connectivity index (χ0n) is 44.5. The molecule has 1 N–H and O–H groups in total. The van der Waals surface area contributed by atoms with Gasteiger partial charge in [-0.3, -0.25) is 0 Å². The van der Waals surface area contributed by atoms with Gasteiger partial charge < -0.3 is 18.5 Å². The molecule has 4 nitrogen and oxygen atoms in total. The molecule has 7 heteroatoms. The number of aliphatic hydroxyl groups is 1. The monoisotopic (exact) mass is 955 g/mol. The van der Waals surface area contributed by atoms with E-state index in [4.69, 9.17) is 8.85 Å². The Kier molecular flexibility index (Phi) is 18.2. The predicted octanol–water partition coefficient (Wildman–Crippen LogP) is 16.4. The Morgan fingerprint density at radius 2 is 1.33 bits per heavy atom. The Balaban J connectivity index is 0.000000264. The van der Waals surface area contributed by atoms with Crippen LogP contribution in [0.25, 0.3) is 0 Å². The molecule has 2 aromatic carbocycles. The maximum Gasteiger partial charge on any atom is 0.192 e. The van der Waals surface area contributed by atoms with Crippen LogP contribution < -0.4 is 10.6 Å². The van der Waals surface area contributed by atoms with E-state index in [-0.39, 0.29) is 28.4 Å². The van der Waals surface area contributed by atoms with E-state index in [0.717, 1.165) is 41.4 Å². The normalized spacial score (nSPS) is 26.9. The summed E-state index contributed by atoms with van der Waals surface area (Å²) in [5, 5.41) is 12.5.